The largest absolute Gasteiger partial charge is 0.338 e. The molecule has 0 aliphatic heterocycles. The molecule has 1 atom stereocenters. The Hall–Kier alpha value is -1.33. The first-order chi connectivity index (χ1) is 9.67. The molecular weight excluding hydrogens is 270 g/mol. The fraction of sp³-hybridized carbons (Fsp3) is 0.467. The predicted octanol–water partition coefficient (Wildman–Crippen LogP) is 3.40. The first-order valence-corrected chi connectivity index (χ1v) is 8.01. The van der Waals surface area contributed by atoms with Gasteiger partial charge in [-0.25, -0.2) is 0 Å². The normalized spacial score (nSPS) is 18.5. The van der Waals surface area contributed by atoms with Crippen molar-refractivity contribution in [3.05, 3.63) is 47.6 Å². The molecule has 1 aliphatic carbocycles. The van der Waals surface area contributed by atoms with Crippen LogP contribution in [-0.4, -0.2) is 10.1 Å². The van der Waals surface area contributed by atoms with Gasteiger partial charge in [0.2, 0.25) is 5.89 Å². The Labute approximate surface area is 123 Å². The lowest BCUT2D eigenvalue weighted by atomic mass is 9.77. The van der Waals surface area contributed by atoms with Crippen LogP contribution >= 0.6 is 11.8 Å². The van der Waals surface area contributed by atoms with Gasteiger partial charge in [-0.05, 0) is 31.7 Å². The summed E-state index contributed by atoms with van der Waals surface area (Å²) in [4.78, 5) is 4.49. The number of hydrogen-bond donors (Lipinski definition) is 1. The molecule has 106 valence electrons. The minimum absolute atomic E-state index is 0.181. The molecule has 4 nitrogen and oxygen atoms in total. The Kier molecular flexibility index (Phi) is 3.81. The minimum Gasteiger partial charge on any atom is -0.338 e. The average molecular weight is 289 g/mol. The number of thioether (sulfide) groups is 1. The van der Waals surface area contributed by atoms with Crippen LogP contribution in [0.25, 0.3) is 0 Å². The van der Waals surface area contributed by atoms with E-state index in [0.29, 0.717) is 11.7 Å². The maximum absolute atomic E-state index is 6.21. The molecule has 0 saturated heterocycles. The fourth-order valence-corrected chi connectivity index (χ4v) is 3.12. The van der Waals surface area contributed by atoms with Gasteiger partial charge in [-0.3, -0.25) is 0 Å². The highest BCUT2D eigenvalue weighted by molar-refractivity contribution is 7.98. The summed E-state index contributed by atoms with van der Waals surface area (Å²) in [5, 5.41) is 4.24. The topological polar surface area (TPSA) is 64.9 Å². The van der Waals surface area contributed by atoms with E-state index in [1.807, 2.05) is 6.07 Å². The number of nitrogens with two attached hydrogens (primary N) is 1. The first kappa shape index (κ1) is 13.6. The van der Waals surface area contributed by atoms with Crippen molar-refractivity contribution in [1.29, 1.82) is 0 Å². The molecular formula is C15H19N3OS. The van der Waals surface area contributed by atoms with E-state index in [0.717, 1.165) is 25.0 Å². The van der Waals surface area contributed by atoms with Gasteiger partial charge in [0, 0.05) is 5.75 Å². The van der Waals surface area contributed by atoms with E-state index in [1.165, 1.54) is 5.56 Å². The minimum atomic E-state index is -0.342. The molecule has 1 aromatic carbocycles. The zero-order valence-electron chi connectivity index (χ0n) is 11.6. The van der Waals surface area contributed by atoms with Crippen LogP contribution in [0.15, 0.2) is 34.9 Å². The Balaban J connectivity index is 1.61. The van der Waals surface area contributed by atoms with Gasteiger partial charge in [0.25, 0.3) is 0 Å². The van der Waals surface area contributed by atoms with E-state index >= 15 is 0 Å². The number of benzene rings is 1. The quantitative estimate of drug-likeness (QED) is 0.914. The van der Waals surface area contributed by atoms with E-state index in [-0.39, 0.29) is 10.8 Å². The lowest BCUT2D eigenvalue weighted by Gasteiger charge is -2.34. The third-order valence-electron chi connectivity index (χ3n) is 3.82. The van der Waals surface area contributed by atoms with Crippen molar-refractivity contribution >= 4 is 11.8 Å². The highest BCUT2D eigenvalue weighted by Crippen LogP contribution is 2.38. The summed E-state index contributed by atoms with van der Waals surface area (Å²) in [5.41, 5.74) is 7.17. The maximum Gasteiger partial charge on any atom is 0.239 e. The summed E-state index contributed by atoms with van der Waals surface area (Å²) in [5.74, 6) is 2.29. The van der Waals surface area contributed by atoms with Gasteiger partial charge in [0.15, 0.2) is 5.82 Å². The highest BCUT2D eigenvalue weighted by atomic mass is 32.2. The SMILES string of the molecule is CC(SCc1ccccc1)c1nc(C2(N)CCC2)no1. The van der Waals surface area contributed by atoms with Crippen molar-refractivity contribution < 1.29 is 4.52 Å². The molecule has 1 heterocycles. The average Bonchev–Trinajstić information content (AvgIpc) is 2.93. The molecule has 1 unspecified atom stereocenters. The van der Waals surface area contributed by atoms with Crippen molar-refractivity contribution in [2.24, 2.45) is 5.73 Å². The molecule has 1 fully saturated rings. The molecule has 0 amide bonds. The molecule has 0 spiro atoms. The number of hydrogen-bond acceptors (Lipinski definition) is 5. The van der Waals surface area contributed by atoms with Crippen LogP contribution in [0, 0.1) is 0 Å². The molecule has 20 heavy (non-hydrogen) atoms. The Morgan fingerprint density at radius 1 is 1.35 bits per heavy atom. The summed E-state index contributed by atoms with van der Waals surface area (Å²) < 4.78 is 5.37. The summed E-state index contributed by atoms with van der Waals surface area (Å²) >= 11 is 1.80. The third-order valence-corrected chi connectivity index (χ3v) is 5.03. The molecule has 1 aromatic heterocycles. The van der Waals surface area contributed by atoms with Gasteiger partial charge in [0.05, 0.1) is 10.8 Å². The van der Waals surface area contributed by atoms with Gasteiger partial charge in [-0.15, -0.1) is 11.8 Å². The zero-order chi connectivity index (χ0) is 14.0. The van der Waals surface area contributed by atoms with Gasteiger partial charge in [0.1, 0.15) is 0 Å². The van der Waals surface area contributed by atoms with Crippen LogP contribution in [0.1, 0.15) is 48.7 Å². The molecule has 1 aliphatic rings. The number of nitrogens with zero attached hydrogens (tertiary/aromatic N) is 2. The van der Waals surface area contributed by atoms with Crippen LogP contribution in [0.4, 0.5) is 0 Å². The van der Waals surface area contributed by atoms with Gasteiger partial charge >= 0.3 is 0 Å². The molecule has 3 rings (SSSR count). The number of rotatable bonds is 5. The smallest absolute Gasteiger partial charge is 0.239 e. The van der Waals surface area contributed by atoms with E-state index in [4.69, 9.17) is 10.3 Å². The molecule has 2 aromatic rings. The summed E-state index contributed by atoms with van der Waals surface area (Å²) in [6.45, 7) is 2.09. The van der Waals surface area contributed by atoms with Crippen LogP contribution in [-0.2, 0) is 11.3 Å². The second-order valence-electron chi connectivity index (χ2n) is 5.40. The van der Waals surface area contributed by atoms with E-state index in [9.17, 15) is 0 Å². The van der Waals surface area contributed by atoms with Crippen molar-refractivity contribution in [3.8, 4) is 0 Å². The van der Waals surface area contributed by atoms with Crippen LogP contribution in [0.5, 0.6) is 0 Å². The van der Waals surface area contributed by atoms with Crippen LogP contribution in [0.2, 0.25) is 0 Å². The van der Waals surface area contributed by atoms with Gasteiger partial charge < -0.3 is 10.3 Å². The zero-order valence-corrected chi connectivity index (χ0v) is 12.4. The maximum atomic E-state index is 6.21. The van der Waals surface area contributed by atoms with Gasteiger partial charge in [-0.1, -0.05) is 35.5 Å². The van der Waals surface area contributed by atoms with Crippen molar-refractivity contribution in [3.63, 3.8) is 0 Å². The van der Waals surface area contributed by atoms with Crippen LogP contribution in [0.3, 0.4) is 0 Å². The summed E-state index contributed by atoms with van der Waals surface area (Å²) in [7, 11) is 0. The second kappa shape index (κ2) is 5.58. The van der Waals surface area contributed by atoms with Crippen LogP contribution < -0.4 is 5.73 Å². The van der Waals surface area contributed by atoms with E-state index in [1.54, 1.807) is 11.8 Å². The van der Waals surface area contributed by atoms with Gasteiger partial charge in [-0.2, -0.15) is 4.98 Å². The second-order valence-corrected chi connectivity index (χ2v) is 6.73. The lowest BCUT2D eigenvalue weighted by Crippen LogP contribution is -2.44. The lowest BCUT2D eigenvalue weighted by molar-refractivity contribution is 0.229. The Morgan fingerprint density at radius 2 is 2.10 bits per heavy atom. The summed E-state index contributed by atoms with van der Waals surface area (Å²) in [6, 6.07) is 10.4. The van der Waals surface area contributed by atoms with E-state index in [2.05, 4.69) is 41.3 Å². The monoisotopic (exact) mass is 289 g/mol. The van der Waals surface area contributed by atoms with Crippen molar-refractivity contribution in [1.82, 2.24) is 10.1 Å². The molecule has 2 N–H and O–H groups in total. The molecule has 0 bridgehead atoms. The van der Waals surface area contributed by atoms with Crippen molar-refractivity contribution in [2.45, 2.75) is 42.7 Å². The third kappa shape index (κ3) is 2.74. The Morgan fingerprint density at radius 3 is 2.75 bits per heavy atom. The molecule has 5 heteroatoms. The van der Waals surface area contributed by atoms with E-state index < -0.39 is 0 Å². The summed E-state index contributed by atoms with van der Waals surface area (Å²) in [6.07, 6.45) is 3.06. The Bertz CT molecular complexity index is 566. The predicted molar refractivity (Wildman–Crippen MR) is 80.2 cm³/mol. The number of aromatic nitrogens is 2. The standard InChI is InChI=1S/C15H19N3OS/c1-11(20-10-12-6-3-2-4-7-12)13-17-14(18-19-13)15(16)8-5-9-15/h2-4,6-7,11H,5,8-10,16H2,1H3. The fourth-order valence-electron chi connectivity index (χ4n) is 2.25. The molecule has 0 radical (unpaired) electrons. The van der Waals surface area contributed by atoms with Crippen molar-refractivity contribution in [2.75, 3.05) is 0 Å². The highest BCUT2D eigenvalue weighted by Gasteiger charge is 2.39. The molecule has 1 saturated carbocycles. The first-order valence-electron chi connectivity index (χ1n) is 6.96.